The smallest absolute Gasteiger partial charge is 0.310 e. The topological polar surface area (TPSA) is 87.2 Å². The molecule has 1 spiro atoms. The van der Waals surface area contributed by atoms with E-state index in [0.29, 0.717) is 32.5 Å². The molecule has 3 aliphatic heterocycles. The number of aliphatic hydroxyl groups excluding tert-OH is 1. The van der Waals surface area contributed by atoms with Crippen LogP contribution in [0.25, 0.3) is 0 Å². The van der Waals surface area contributed by atoms with Crippen LogP contribution in [0.1, 0.15) is 45.1 Å². The van der Waals surface area contributed by atoms with Gasteiger partial charge in [-0.2, -0.15) is 0 Å². The first kappa shape index (κ1) is 26.7. The fourth-order valence-electron chi connectivity index (χ4n) is 6.48. The maximum atomic E-state index is 14.4. The van der Waals surface area contributed by atoms with Gasteiger partial charge in [0.1, 0.15) is 6.04 Å². The van der Waals surface area contributed by atoms with Crippen LogP contribution in [-0.4, -0.2) is 75.0 Å². The van der Waals surface area contributed by atoms with Crippen LogP contribution in [0.5, 0.6) is 0 Å². The van der Waals surface area contributed by atoms with Gasteiger partial charge in [-0.05, 0) is 44.1 Å². The second kappa shape index (κ2) is 11.4. The van der Waals surface area contributed by atoms with E-state index in [1.165, 1.54) is 0 Å². The van der Waals surface area contributed by atoms with Crippen LogP contribution in [0.2, 0.25) is 0 Å². The van der Waals surface area contributed by atoms with Crippen molar-refractivity contribution in [2.24, 2.45) is 17.8 Å². The van der Waals surface area contributed by atoms with Crippen molar-refractivity contribution in [1.82, 2.24) is 9.80 Å². The highest BCUT2D eigenvalue weighted by Crippen LogP contribution is 2.68. The Morgan fingerprint density at radius 3 is 2.69 bits per heavy atom. The molecule has 0 aromatic heterocycles. The fraction of sp³-hybridized carbons (Fsp3) is 0.607. The summed E-state index contributed by atoms with van der Waals surface area (Å²) in [5, 5.41) is 9.20. The third-order valence-corrected chi connectivity index (χ3v) is 10.0. The van der Waals surface area contributed by atoms with Crippen molar-refractivity contribution in [2.45, 2.75) is 62.1 Å². The van der Waals surface area contributed by atoms with E-state index in [0.717, 1.165) is 18.4 Å². The molecule has 0 saturated carbocycles. The minimum Gasteiger partial charge on any atom is -0.466 e. The maximum Gasteiger partial charge on any atom is 0.310 e. The normalized spacial score (nSPS) is 30.4. The highest BCUT2D eigenvalue weighted by molar-refractivity contribution is 8.02. The summed E-state index contributed by atoms with van der Waals surface area (Å²) in [6.07, 6.45) is 4.64. The zero-order chi connectivity index (χ0) is 25.9. The van der Waals surface area contributed by atoms with Gasteiger partial charge in [0.2, 0.25) is 11.8 Å². The molecule has 0 radical (unpaired) electrons. The summed E-state index contributed by atoms with van der Waals surface area (Å²) >= 11 is 1.67. The van der Waals surface area contributed by atoms with Crippen molar-refractivity contribution in [3.63, 3.8) is 0 Å². The fourth-order valence-corrected chi connectivity index (χ4v) is 8.89. The van der Waals surface area contributed by atoms with Gasteiger partial charge < -0.3 is 19.6 Å². The van der Waals surface area contributed by atoms with Crippen LogP contribution in [0.4, 0.5) is 0 Å². The molecule has 36 heavy (non-hydrogen) atoms. The Morgan fingerprint density at radius 1 is 1.28 bits per heavy atom. The number of aliphatic hydroxyl groups is 1. The van der Waals surface area contributed by atoms with Gasteiger partial charge in [-0.25, -0.2) is 0 Å². The van der Waals surface area contributed by atoms with Gasteiger partial charge in [-0.3, -0.25) is 14.4 Å². The molecule has 3 unspecified atom stereocenters. The monoisotopic (exact) mass is 514 g/mol. The lowest BCUT2D eigenvalue weighted by Gasteiger charge is -2.40. The number of unbranched alkanes of at least 4 members (excludes halogenated alkanes) is 2. The van der Waals surface area contributed by atoms with E-state index >= 15 is 0 Å². The van der Waals surface area contributed by atoms with Crippen molar-refractivity contribution in [3.05, 3.63) is 48.6 Å². The highest BCUT2D eigenvalue weighted by Gasteiger charge is 2.76. The lowest BCUT2D eigenvalue weighted by atomic mass is 9.66. The van der Waals surface area contributed by atoms with Gasteiger partial charge >= 0.3 is 5.97 Å². The predicted molar refractivity (Wildman–Crippen MR) is 140 cm³/mol. The van der Waals surface area contributed by atoms with E-state index in [9.17, 15) is 19.5 Å². The number of ether oxygens (including phenoxy) is 1. The minimum absolute atomic E-state index is 0.0122. The summed E-state index contributed by atoms with van der Waals surface area (Å²) < 4.78 is 4.77. The van der Waals surface area contributed by atoms with Crippen LogP contribution >= 0.6 is 11.8 Å². The zero-order valence-corrected chi connectivity index (χ0v) is 22.1. The van der Waals surface area contributed by atoms with Gasteiger partial charge in [-0.15, -0.1) is 18.3 Å². The first-order valence-corrected chi connectivity index (χ1v) is 14.0. The van der Waals surface area contributed by atoms with Crippen LogP contribution in [0, 0.1) is 17.8 Å². The molecule has 3 fully saturated rings. The second-order valence-electron chi connectivity index (χ2n) is 10.1. The Hall–Kier alpha value is -2.32. The number of thioether (sulfide) groups is 1. The number of fused-ring (bicyclic) bond motifs is 1. The van der Waals surface area contributed by atoms with Gasteiger partial charge in [0, 0.05) is 31.5 Å². The first-order valence-electron chi connectivity index (χ1n) is 13.1. The average molecular weight is 515 g/mol. The van der Waals surface area contributed by atoms with Crippen molar-refractivity contribution >= 4 is 29.5 Å². The highest BCUT2D eigenvalue weighted by atomic mass is 32.2. The van der Waals surface area contributed by atoms with E-state index in [2.05, 4.69) is 13.5 Å². The number of likely N-dealkylation sites (tertiary alicyclic amines) is 1. The van der Waals surface area contributed by atoms with E-state index in [1.807, 2.05) is 30.3 Å². The van der Waals surface area contributed by atoms with Crippen molar-refractivity contribution in [1.29, 1.82) is 0 Å². The Kier molecular flexibility index (Phi) is 8.45. The molecule has 6 atom stereocenters. The molecule has 1 aromatic carbocycles. The number of carbonyl (C=O) groups is 3. The SMILES string of the molecule is C=CCN(Cc1ccccc1)C(=O)C1N(CCCCCO)C(=O)[C@@H]2[C@@H](C(=O)OCC)[C@H]3CC(C)C12S3. The maximum absolute atomic E-state index is 14.4. The number of rotatable bonds is 12. The molecule has 1 aromatic rings. The average Bonchev–Trinajstić information content (AvgIpc) is 3.46. The van der Waals surface area contributed by atoms with Gasteiger partial charge in [0.05, 0.1) is 23.2 Å². The number of hydrogen-bond acceptors (Lipinski definition) is 6. The summed E-state index contributed by atoms with van der Waals surface area (Å²) in [6, 6.07) is 9.19. The van der Waals surface area contributed by atoms with Gasteiger partial charge in [0.15, 0.2) is 0 Å². The molecule has 4 rings (SSSR count). The summed E-state index contributed by atoms with van der Waals surface area (Å²) in [5.74, 6) is -1.45. The molecule has 3 aliphatic rings. The van der Waals surface area contributed by atoms with Crippen molar-refractivity contribution in [2.75, 3.05) is 26.3 Å². The van der Waals surface area contributed by atoms with Gasteiger partial charge in [-0.1, -0.05) is 43.3 Å². The molecule has 3 heterocycles. The molecule has 2 bridgehead atoms. The van der Waals surface area contributed by atoms with Crippen molar-refractivity contribution in [3.8, 4) is 0 Å². The molecule has 3 saturated heterocycles. The quantitative estimate of drug-likeness (QED) is 0.262. The summed E-state index contributed by atoms with van der Waals surface area (Å²) in [5.41, 5.74) is 1.02. The molecule has 7 nitrogen and oxygen atoms in total. The number of amides is 2. The van der Waals surface area contributed by atoms with E-state index in [1.54, 1.807) is 34.6 Å². The van der Waals surface area contributed by atoms with Crippen molar-refractivity contribution < 1.29 is 24.2 Å². The third kappa shape index (κ3) is 4.58. The largest absolute Gasteiger partial charge is 0.466 e. The van der Waals surface area contributed by atoms with Crippen LogP contribution in [0.15, 0.2) is 43.0 Å². The predicted octanol–water partition coefficient (Wildman–Crippen LogP) is 3.26. The van der Waals surface area contributed by atoms with E-state index in [4.69, 9.17) is 4.74 Å². The zero-order valence-electron chi connectivity index (χ0n) is 21.3. The van der Waals surface area contributed by atoms with E-state index in [-0.39, 0.29) is 42.2 Å². The molecular formula is C28H38N2O5S. The number of esters is 1. The van der Waals surface area contributed by atoms with Gasteiger partial charge in [0.25, 0.3) is 0 Å². The first-order chi connectivity index (χ1) is 17.4. The third-order valence-electron chi connectivity index (χ3n) is 7.97. The summed E-state index contributed by atoms with van der Waals surface area (Å²) in [6.45, 7) is 9.40. The molecule has 196 valence electrons. The molecule has 0 aliphatic carbocycles. The molecule has 1 N–H and O–H groups in total. The lowest BCUT2D eigenvalue weighted by molar-refractivity contribution is -0.154. The van der Waals surface area contributed by atoms with Crippen LogP contribution in [0.3, 0.4) is 0 Å². The summed E-state index contributed by atoms with van der Waals surface area (Å²) in [4.78, 5) is 45.0. The van der Waals surface area contributed by atoms with Crippen LogP contribution < -0.4 is 0 Å². The van der Waals surface area contributed by atoms with E-state index < -0.39 is 22.6 Å². The molecule has 2 amide bonds. The Balaban J connectivity index is 1.71. The summed E-state index contributed by atoms with van der Waals surface area (Å²) in [7, 11) is 0. The number of hydrogen-bond donors (Lipinski definition) is 1. The Bertz CT molecular complexity index is 972. The lowest BCUT2D eigenvalue weighted by Crippen LogP contribution is -2.57. The second-order valence-corrected chi connectivity index (χ2v) is 11.7. The minimum atomic E-state index is -0.649. The number of nitrogens with zero attached hydrogens (tertiary/aromatic N) is 2. The number of benzene rings is 1. The Morgan fingerprint density at radius 2 is 2.03 bits per heavy atom. The Labute approximate surface area is 218 Å². The van der Waals surface area contributed by atoms with Crippen LogP contribution in [-0.2, 0) is 25.7 Å². The number of carbonyl (C=O) groups excluding carboxylic acids is 3. The molecule has 8 heteroatoms. The molecular weight excluding hydrogens is 476 g/mol. The standard InChI is InChI=1S/C28H38N2O5S/c1-4-14-29(18-20-12-8-6-9-13-20)26(33)24-28-19(3)17-21(36-28)22(27(34)35-5-2)23(28)25(32)30(24)15-10-7-11-16-31/h4,6,8-9,12-13,19,21-24,31H,1,5,7,10-11,14-18H2,2-3H3/t19?,21-,22+,23+,24?,28?/m1/s1.